The van der Waals surface area contributed by atoms with E-state index in [9.17, 15) is 74.6 Å². The van der Waals surface area contributed by atoms with Gasteiger partial charge in [-0.3, -0.25) is 4.98 Å². The maximum absolute atomic E-state index is 14.7. The van der Waals surface area contributed by atoms with Gasteiger partial charge in [-0.15, -0.1) is 0 Å². The van der Waals surface area contributed by atoms with Gasteiger partial charge in [0, 0.05) is 22.7 Å². The van der Waals surface area contributed by atoms with Crippen LogP contribution in [0.5, 0.6) is 0 Å². The van der Waals surface area contributed by atoms with Crippen LogP contribution in [0.15, 0.2) is 85.1 Å². The molecule has 47 heavy (non-hydrogen) atoms. The molecule has 0 aliphatic heterocycles. The minimum absolute atomic E-state index is 0.0368. The Labute approximate surface area is 251 Å². The van der Waals surface area contributed by atoms with E-state index in [1.54, 1.807) is 36.4 Å². The van der Waals surface area contributed by atoms with Crippen molar-refractivity contribution in [3.63, 3.8) is 0 Å². The Morgan fingerprint density at radius 1 is 0.404 bits per heavy atom. The molecule has 0 N–H and O–H groups in total. The van der Waals surface area contributed by atoms with Crippen molar-refractivity contribution in [3.8, 4) is 22.4 Å². The van der Waals surface area contributed by atoms with Crippen molar-refractivity contribution >= 4 is 10.8 Å². The lowest BCUT2D eigenvalue weighted by Gasteiger charge is -2.42. The van der Waals surface area contributed by atoms with Crippen molar-refractivity contribution in [2.45, 2.75) is 47.6 Å². The molecule has 3 aromatic carbocycles. The number of hydrogen-bond acceptors (Lipinski definition) is 1. The highest BCUT2D eigenvalue weighted by atomic mass is 19.4. The van der Waals surface area contributed by atoms with Crippen LogP contribution in [0.3, 0.4) is 0 Å². The van der Waals surface area contributed by atoms with Crippen LogP contribution in [0.25, 0.3) is 33.2 Å². The van der Waals surface area contributed by atoms with Gasteiger partial charge in [0.05, 0.1) is 5.69 Å². The van der Waals surface area contributed by atoms with Crippen molar-refractivity contribution in [1.82, 2.24) is 4.98 Å². The zero-order valence-corrected chi connectivity index (χ0v) is 22.5. The number of nitrogens with zero attached hydrogens (tertiary/aromatic N) is 1. The van der Waals surface area contributed by atoms with E-state index in [0.29, 0.717) is 28.8 Å². The number of fused-ring (bicyclic) bond motifs is 1. The number of rotatable bonds is 9. The van der Waals surface area contributed by atoms with Gasteiger partial charge in [-0.25, -0.2) is 0 Å². The molecule has 0 aliphatic rings. The van der Waals surface area contributed by atoms with E-state index < -0.39 is 53.2 Å². The first-order valence-electron chi connectivity index (χ1n) is 12.5. The molecule has 0 fully saturated rings. The van der Waals surface area contributed by atoms with Crippen molar-refractivity contribution < 1.29 is 74.6 Å². The Kier molecular flexibility index (Phi) is 8.34. The van der Waals surface area contributed by atoms with Gasteiger partial charge < -0.3 is 0 Å². The van der Waals surface area contributed by atoms with Gasteiger partial charge in [-0.1, -0.05) is 66.7 Å². The summed E-state index contributed by atoms with van der Waals surface area (Å²) in [6.07, 6.45) is -6.33. The third-order valence-corrected chi connectivity index (χ3v) is 7.11. The number of hydrogen-bond donors (Lipinski definition) is 0. The topological polar surface area (TPSA) is 12.9 Å². The fourth-order valence-corrected chi connectivity index (χ4v) is 4.41. The summed E-state index contributed by atoms with van der Waals surface area (Å²) in [5.74, 6) is -56.8. The number of halogens is 17. The molecule has 18 heteroatoms. The molecule has 0 amide bonds. The quantitative estimate of drug-likeness (QED) is 0.159. The van der Waals surface area contributed by atoms with Gasteiger partial charge in [0.2, 0.25) is 0 Å². The van der Waals surface area contributed by atoms with Crippen molar-refractivity contribution in [3.05, 3.63) is 90.6 Å². The van der Waals surface area contributed by atoms with Gasteiger partial charge in [0.25, 0.3) is 0 Å². The second-order valence-corrected chi connectivity index (χ2v) is 10.1. The summed E-state index contributed by atoms with van der Waals surface area (Å²) < 4.78 is 232. The highest BCUT2D eigenvalue weighted by Crippen LogP contribution is 2.65. The van der Waals surface area contributed by atoms with Crippen LogP contribution in [0.2, 0.25) is 0 Å². The fourth-order valence-electron chi connectivity index (χ4n) is 4.41. The van der Waals surface area contributed by atoms with E-state index in [0.717, 1.165) is 5.39 Å². The normalized spacial score (nSPS) is 14.5. The maximum Gasteiger partial charge on any atom is 0.460 e. The molecule has 4 rings (SSSR count). The van der Waals surface area contributed by atoms with Crippen LogP contribution in [0.4, 0.5) is 74.6 Å². The molecule has 0 spiro atoms. The largest absolute Gasteiger partial charge is 0.460 e. The molecule has 0 bridgehead atoms. The maximum atomic E-state index is 14.7. The molecule has 1 aromatic heterocycles. The van der Waals surface area contributed by atoms with Crippen molar-refractivity contribution in [2.24, 2.45) is 0 Å². The zero-order chi connectivity index (χ0) is 35.6. The van der Waals surface area contributed by atoms with E-state index >= 15 is 0 Å². The van der Waals surface area contributed by atoms with Crippen LogP contribution >= 0.6 is 0 Å². The molecule has 1 heterocycles. The van der Waals surface area contributed by atoms with E-state index in [2.05, 4.69) is 4.98 Å². The van der Waals surface area contributed by atoms with Crippen LogP contribution < -0.4 is 0 Å². The van der Waals surface area contributed by atoms with Crippen LogP contribution in [0, 0.1) is 0 Å². The summed E-state index contributed by atoms with van der Waals surface area (Å²) in [6.45, 7) is 0. The third kappa shape index (κ3) is 5.14. The first kappa shape index (κ1) is 35.7. The molecular formula is C29H14F17N. The summed E-state index contributed by atoms with van der Waals surface area (Å²) in [5.41, 5.74) is -1.32. The van der Waals surface area contributed by atoms with E-state index in [-0.39, 0.29) is 23.3 Å². The first-order chi connectivity index (χ1) is 21.3. The minimum Gasteiger partial charge on any atom is -0.256 e. The molecule has 0 saturated heterocycles. The summed E-state index contributed by atoms with van der Waals surface area (Å²) in [6, 6.07) is 15.5. The molecule has 0 atom stereocenters. The van der Waals surface area contributed by atoms with Crippen LogP contribution in [-0.2, 0) is 5.92 Å². The highest BCUT2D eigenvalue weighted by Gasteiger charge is 2.95. The number of benzene rings is 3. The lowest BCUT2D eigenvalue weighted by Crippen LogP contribution is -2.74. The Balaban J connectivity index is 1.70. The van der Waals surface area contributed by atoms with Crippen LogP contribution in [-0.4, -0.2) is 46.7 Å². The lowest BCUT2D eigenvalue weighted by atomic mass is 9.87. The Morgan fingerprint density at radius 2 is 0.894 bits per heavy atom. The number of aromatic nitrogens is 1. The first-order valence-corrected chi connectivity index (χ1v) is 12.5. The molecule has 0 aliphatic carbocycles. The molecular weight excluding hydrogens is 685 g/mol. The fraction of sp³-hybridized carbons (Fsp3) is 0.276. The SMILES string of the molecule is FC(F)(F)C(F)(F)C(F)(F)C(F)(F)C(F)(F)C(F)(F)C(F)(F)C(F)(F)c1ccc(-c2cccc(-c3nccc4ccccc34)c2)cc1. The summed E-state index contributed by atoms with van der Waals surface area (Å²) >= 11 is 0. The highest BCUT2D eigenvalue weighted by molar-refractivity contribution is 5.95. The lowest BCUT2D eigenvalue weighted by molar-refractivity contribution is -0.462. The van der Waals surface area contributed by atoms with E-state index in [1.165, 1.54) is 24.4 Å². The zero-order valence-electron chi connectivity index (χ0n) is 22.5. The second kappa shape index (κ2) is 11.0. The monoisotopic (exact) mass is 699 g/mol. The predicted octanol–water partition coefficient (Wildman–Crippen LogP) is 11.0. The van der Waals surface area contributed by atoms with Gasteiger partial charge in [0.1, 0.15) is 0 Å². The Morgan fingerprint density at radius 3 is 1.45 bits per heavy atom. The molecule has 4 aromatic rings. The number of pyridine rings is 1. The molecule has 0 saturated carbocycles. The average molecular weight is 699 g/mol. The second-order valence-electron chi connectivity index (χ2n) is 10.1. The third-order valence-electron chi connectivity index (χ3n) is 7.11. The van der Waals surface area contributed by atoms with Crippen molar-refractivity contribution in [1.29, 1.82) is 0 Å². The van der Waals surface area contributed by atoms with Gasteiger partial charge in [-0.2, -0.15) is 74.6 Å². The van der Waals surface area contributed by atoms with E-state index in [4.69, 9.17) is 0 Å². The van der Waals surface area contributed by atoms with Gasteiger partial charge in [-0.05, 0) is 28.6 Å². The summed E-state index contributed by atoms with van der Waals surface area (Å²) in [4.78, 5) is 4.27. The van der Waals surface area contributed by atoms with E-state index in [1.807, 2.05) is 0 Å². The number of alkyl halides is 17. The molecule has 0 radical (unpaired) electrons. The minimum atomic E-state index is -8.67. The predicted molar refractivity (Wildman–Crippen MR) is 132 cm³/mol. The molecule has 254 valence electrons. The summed E-state index contributed by atoms with van der Waals surface area (Å²) in [7, 11) is 0. The smallest absolute Gasteiger partial charge is 0.256 e. The van der Waals surface area contributed by atoms with Gasteiger partial charge in [0.15, 0.2) is 0 Å². The molecule has 0 unspecified atom stereocenters. The summed E-state index contributed by atoms with van der Waals surface area (Å²) in [5, 5.41) is 1.45. The standard InChI is InChI=1S/C29H14F17N/c30-22(31,23(32,33)24(34,35)25(36,37)26(38,39)27(40,41)28(42,43)29(44,45)46)19-10-8-15(9-11-19)17-5-3-6-18(14-17)21-20-7-2-1-4-16(20)12-13-47-21/h1-14H. The Bertz CT molecular complexity index is 1750. The van der Waals surface area contributed by atoms with Crippen molar-refractivity contribution in [2.75, 3.05) is 0 Å². The average Bonchev–Trinajstić information content (AvgIpc) is 2.99. The van der Waals surface area contributed by atoms with Crippen LogP contribution in [0.1, 0.15) is 5.56 Å². The van der Waals surface area contributed by atoms with Gasteiger partial charge >= 0.3 is 47.6 Å². The Hall–Kier alpha value is -4.12. The molecule has 1 nitrogen and oxygen atoms in total.